The van der Waals surface area contributed by atoms with E-state index in [9.17, 15) is 0 Å². The lowest BCUT2D eigenvalue weighted by Crippen LogP contribution is -2.21. The summed E-state index contributed by atoms with van der Waals surface area (Å²) < 4.78 is 8.55. The van der Waals surface area contributed by atoms with Gasteiger partial charge in [-0.25, -0.2) is 4.99 Å². The number of benzene rings is 3. The van der Waals surface area contributed by atoms with Gasteiger partial charge in [-0.2, -0.15) is 4.68 Å². The molecule has 0 atom stereocenters. The molecule has 0 spiro atoms. The van der Waals surface area contributed by atoms with Gasteiger partial charge in [0.15, 0.2) is 0 Å². The van der Waals surface area contributed by atoms with Crippen LogP contribution in [0.4, 0.5) is 11.4 Å². The van der Waals surface area contributed by atoms with Gasteiger partial charge in [0, 0.05) is 5.56 Å². The zero-order valence-electron chi connectivity index (χ0n) is 15.7. The molecule has 0 bridgehead atoms. The Kier molecular flexibility index (Phi) is 4.46. The van der Waals surface area contributed by atoms with Crippen LogP contribution in [0.1, 0.15) is 5.56 Å². The van der Waals surface area contributed by atoms with Crippen molar-refractivity contribution in [1.29, 1.82) is 0 Å². The number of hydrogen-bond donors (Lipinski definition) is 1. The van der Waals surface area contributed by atoms with Crippen LogP contribution in [-0.4, -0.2) is 9.83 Å². The minimum Gasteiger partial charge on any atom is -0.334 e. The fraction of sp³-hybridized carbons (Fsp3) is 0.0435. The summed E-state index contributed by atoms with van der Waals surface area (Å²) in [6.07, 6.45) is 0. The first-order valence-electron chi connectivity index (χ1n) is 9.28. The van der Waals surface area contributed by atoms with Crippen LogP contribution >= 0.6 is 11.3 Å². The van der Waals surface area contributed by atoms with Gasteiger partial charge in [0.2, 0.25) is 4.80 Å². The minimum atomic E-state index is 0.642. The first kappa shape index (κ1) is 17.5. The van der Waals surface area contributed by atoms with Gasteiger partial charge in [0.25, 0.3) is 5.71 Å². The number of hydrogen-bond acceptors (Lipinski definition) is 5. The fourth-order valence-corrected chi connectivity index (χ4v) is 4.08. The molecular weight excluding hydrogens is 380 g/mol. The number of aryl methyl sites for hydroxylation is 1. The van der Waals surface area contributed by atoms with E-state index in [1.807, 2.05) is 77.5 Å². The third kappa shape index (κ3) is 3.46. The highest BCUT2D eigenvalue weighted by atomic mass is 32.1. The van der Waals surface area contributed by atoms with E-state index in [4.69, 9.17) is 9.52 Å². The Labute approximate surface area is 171 Å². The van der Waals surface area contributed by atoms with Crippen molar-refractivity contribution in [2.45, 2.75) is 6.92 Å². The highest BCUT2D eigenvalue weighted by Crippen LogP contribution is 2.30. The molecule has 2 heterocycles. The van der Waals surface area contributed by atoms with Crippen molar-refractivity contribution < 1.29 is 4.52 Å². The Bertz CT molecular complexity index is 1320. The fourth-order valence-electron chi connectivity index (χ4n) is 3.05. The Morgan fingerprint density at radius 1 is 0.897 bits per heavy atom. The molecule has 2 aromatic heterocycles. The van der Waals surface area contributed by atoms with E-state index in [1.165, 1.54) is 5.56 Å². The molecule has 0 fully saturated rings. The Morgan fingerprint density at radius 2 is 1.59 bits per heavy atom. The predicted molar refractivity (Wildman–Crippen MR) is 117 cm³/mol. The summed E-state index contributed by atoms with van der Waals surface area (Å²) in [4.78, 5) is 5.64. The average molecular weight is 398 g/mol. The standard InChI is InChI=1S/C23H18N4OS/c1-16-12-14-18(15-13-16)24-23-27(25-19-10-6-3-7-11-19)22-21(29-23)20(26-28-22)17-8-4-2-5-9-17/h2-15,25H,1H3. The van der Waals surface area contributed by atoms with Crippen molar-refractivity contribution in [2.24, 2.45) is 4.99 Å². The summed E-state index contributed by atoms with van der Waals surface area (Å²) in [5, 5.41) is 4.32. The molecule has 0 amide bonds. The lowest BCUT2D eigenvalue weighted by Gasteiger charge is -2.06. The number of nitrogens with one attached hydrogen (secondary N) is 1. The summed E-state index contributed by atoms with van der Waals surface area (Å²) in [5.41, 5.74) is 8.90. The maximum atomic E-state index is 5.75. The van der Waals surface area contributed by atoms with Crippen molar-refractivity contribution in [3.05, 3.63) is 95.3 Å². The van der Waals surface area contributed by atoms with Gasteiger partial charge in [-0.15, -0.1) is 0 Å². The van der Waals surface area contributed by atoms with Crippen LogP contribution in [0.15, 0.2) is 94.4 Å². The number of para-hydroxylation sites is 1. The van der Waals surface area contributed by atoms with E-state index in [-0.39, 0.29) is 0 Å². The first-order valence-corrected chi connectivity index (χ1v) is 10.1. The normalized spacial score (nSPS) is 11.8. The average Bonchev–Trinajstić information content (AvgIpc) is 3.31. The molecule has 5 aromatic rings. The van der Waals surface area contributed by atoms with Crippen molar-refractivity contribution >= 4 is 33.1 Å². The quantitative estimate of drug-likeness (QED) is 0.418. The summed E-state index contributed by atoms with van der Waals surface area (Å²) in [7, 11) is 0. The van der Waals surface area contributed by atoms with Gasteiger partial charge >= 0.3 is 0 Å². The molecule has 0 aliphatic rings. The van der Waals surface area contributed by atoms with E-state index in [0.29, 0.717) is 5.71 Å². The van der Waals surface area contributed by atoms with Crippen LogP contribution in [0.5, 0.6) is 0 Å². The molecule has 0 saturated heterocycles. The van der Waals surface area contributed by atoms with Crippen LogP contribution in [0.2, 0.25) is 0 Å². The maximum Gasteiger partial charge on any atom is 0.270 e. The van der Waals surface area contributed by atoms with Gasteiger partial charge in [-0.3, -0.25) is 5.43 Å². The zero-order chi connectivity index (χ0) is 19.6. The number of anilines is 1. The maximum absolute atomic E-state index is 5.75. The molecular formula is C23H18N4OS. The number of fused-ring (bicyclic) bond motifs is 1. The van der Waals surface area contributed by atoms with Crippen LogP contribution in [0, 0.1) is 6.92 Å². The largest absolute Gasteiger partial charge is 0.334 e. The molecule has 29 heavy (non-hydrogen) atoms. The Hall–Kier alpha value is -3.64. The molecule has 0 aliphatic carbocycles. The Balaban J connectivity index is 1.70. The van der Waals surface area contributed by atoms with Crippen LogP contribution in [-0.2, 0) is 0 Å². The molecule has 0 aliphatic heterocycles. The number of rotatable bonds is 4. The summed E-state index contributed by atoms with van der Waals surface area (Å²) >= 11 is 1.55. The Morgan fingerprint density at radius 3 is 2.31 bits per heavy atom. The van der Waals surface area contributed by atoms with E-state index in [2.05, 4.69) is 29.6 Å². The molecule has 1 N–H and O–H groups in total. The number of nitrogens with zero attached hydrogens (tertiary/aromatic N) is 3. The van der Waals surface area contributed by atoms with Crippen molar-refractivity contribution in [2.75, 3.05) is 5.43 Å². The van der Waals surface area contributed by atoms with Gasteiger partial charge in [-0.1, -0.05) is 82.7 Å². The molecule has 0 unspecified atom stereocenters. The highest BCUT2D eigenvalue weighted by molar-refractivity contribution is 7.16. The molecule has 5 nitrogen and oxygen atoms in total. The van der Waals surface area contributed by atoms with Gasteiger partial charge in [0.1, 0.15) is 10.4 Å². The molecule has 3 aromatic carbocycles. The topological polar surface area (TPSA) is 55.4 Å². The highest BCUT2D eigenvalue weighted by Gasteiger charge is 2.18. The monoisotopic (exact) mass is 398 g/mol. The predicted octanol–water partition coefficient (Wildman–Crippen LogP) is 5.77. The molecule has 0 radical (unpaired) electrons. The second-order valence-corrected chi connectivity index (χ2v) is 7.65. The van der Waals surface area contributed by atoms with E-state index in [0.717, 1.165) is 32.1 Å². The van der Waals surface area contributed by atoms with E-state index < -0.39 is 0 Å². The number of aromatic nitrogens is 2. The summed E-state index contributed by atoms with van der Waals surface area (Å²) in [6, 6.07) is 28.1. The second-order valence-electron chi connectivity index (χ2n) is 6.68. The summed E-state index contributed by atoms with van der Waals surface area (Å²) in [5.74, 6) is 0. The smallest absolute Gasteiger partial charge is 0.270 e. The second kappa shape index (κ2) is 7.41. The van der Waals surface area contributed by atoms with Crippen molar-refractivity contribution in [3.8, 4) is 11.3 Å². The van der Waals surface area contributed by atoms with Crippen LogP contribution in [0.25, 0.3) is 21.7 Å². The van der Waals surface area contributed by atoms with Crippen molar-refractivity contribution in [3.63, 3.8) is 0 Å². The van der Waals surface area contributed by atoms with Crippen molar-refractivity contribution in [1.82, 2.24) is 9.83 Å². The van der Waals surface area contributed by atoms with Crippen LogP contribution < -0.4 is 10.2 Å². The lowest BCUT2D eigenvalue weighted by atomic mass is 10.2. The van der Waals surface area contributed by atoms with Gasteiger partial charge < -0.3 is 4.52 Å². The summed E-state index contributed by atoms with van der Waals surface area (Å²) in [6.45, 7) is 2.07. The molecule has 0 saturated carbocycles. The zero-order valence-corrected chi connectivity index (χ0v) is 16.6. The third-order valence-corrected chi connectivity index (χ3v) is 5.57. The van der Waals surface area contributed by atoms with E-state index in [1.54, 1.807) is 11.3 Å². The molecule has 5 rings (SSSR count). The minimum absolute atomic E-state index is 0.642. The van der Waals surface area contributed by atoms with Gasteiger partial charge in [0.05, 0.1) is 11.4 Å². The molecule has 142 valence electrons. The van der Waals surface area contributed by atoms with E-state index >= 15 is 0 Å². The number of thiazole rings is 1. The lowest BCUT2D eigenvalue weighted by molar-refractivity contribution is 0.442. The molecule has 6 heteroatoms. The first-order chi connectivity index (χ1) is 14.3. The third-order valence-electron chi connectivity index (χ3n) is 4.54. The van der Waals surface area contributed by atoms with Crippen LogP contribution in [0.3, 0.4) is 0 Å². The SMILES string of the molecule is Cc1ccc(N=c2sc3c(-c4ccccc4)noc3n2Nc2ccccc2)cc1. The van der Waals surface area contributed by atoms with Gasteiger partial charge in [-0.05, 0) is 31.2 Å².